The first kappa shape index (κ1) is 22.5. The Morgan fingerprint density at radius 1 is 1.03 bits per heavy atom. The van der Waals surface area contributed by atoms with Gasteiger partial charge in [0, 0.05) is 10.0 Å². The van der Waals surface area contributed by atoms with Crippen LogP contribution in [0.1, 0.15) is 21.5 Å². The van der Waals surface area contributed by atoms with Crippen LogP contribution < -0.4 is 14.3 Å². The number of nitrogens with one attached hydrogen (secondary N) is 1. The lowest BCUT2D eigenvalue weighted by atomic mass is 10.2. The summed E-state index contributed by atoms with van der Waals surface area (Å²) >= 11 is 3.31. The molecule has 0 heterocycles. The van der Waals surface area contributed by atoms with E-state index in [9.17, 15) is 13.2 Å². The van der Waals surface area contributed by atoms with Crippen LogP contribution in [0.2, 0.25) is 0 Å². The molecule has 0 bridgehead atoms. The molecule has 0 fully saturated rings. The SMILES string of the molecule is COc1ccc(/C=N\NC(=O)c2cccc(Br)c2)cc1OS(=O)(=O)c1ccc(C)cc1. The molecule has 0 aliphatic heterocycles. The molecule has 160 valence electrons. The van der Waals surface area contributed by atoms with E-state index in [-0.39, 0.29) is 22.3 Å². The van der Waals surface area contributed by atoms with E-state index in [0.717, 1.165) is 10.0 Å². The number of halogens is 1. The van der Waals surface area contributed by atoms with Crippen molar-refractivity contribution >= 4 is 38.2 Å². The number of nitrogens with zero attached hydrogens (tertiary/aromatic N) is 1. The summed E-state index contributed by atoms with van der Waals surface area (Å²) in [7, 11) is -2.64. The Morgan fingerprint density at radius 3 is 2.45 bits per heavy atom. The molecule has 31 heavy (non-hydrogen) atoms. The average Bonchev–Trinajstić information content (AvgIpc) is 2.74. The minimum atomic E-state index is -4.05. The smallest absolute Gasteiger partial charge is 0.339 e. The zero-order valence-electron chi connectivity index (χ0n) is 16.7. The van der Waals surface area contributed by atoms with E-state index in [4.69, 9.17) is 8.92 Å². The van der Waals surface area contributed by atoms with Gasteiger partial charge in [-0.3, -0.25) is 4.79 Å². The van der Waals surface area contributed by atoms with Crippen LogP contribution in [0, 0.1) is 6.92 Å². The van der Waals surface area contributed by atoms with Crippen molar-refractivity contribution in [1.82, 2.24) is 5.43 Å². The first-order chi connectivity index (χ1) is 14.8. The Kier molecular flexibility index (Phi) is 7.09. The third kappa shape index (κ3) is 5.93. The van der Waals surface area contributed by atoms with Gasteiger partial charge in [-0.15, -0.1) is 0 Å². The van der Waals surface area contributed by atoms with Gasteiger partial charge in [-0.05, 0) is 61.0 Å². The number of methoxy groups -OCH3 is 1. The van der Waals surface area contributed by atoms with E-state index >= 15 is 0 Å². The molecule has 0 saturated heterocycles. The lowest BCUT2D eigenvalue weighted by Gasteiger charge is -2.11. The molecule has 1 amide bonds. The van der Waals surface area contributed by atoms with Crippen LogP contribution in [0.5, 0.6) is 11.5 Å². The van der Waals surface area contributed by atoms with Gasteiger partial charge in [0.05, 0.1) is 13.3 Å². The van der Waals surface area contributed by atoms with Crippen LogP contribution >= 0.6 is 15.9 Å². The summed E-state index contributed by atoms with van der Waals surface area (Å²) < 4.78 is 36.5. The lowest BCUT2D eigenvalue weighted by Crippen LogP contribution is -2.17. The Labute approximate surface area is 189 Å². The number of hydrogen-bond donors (Lipinski definition) is 1. The van der Waals surface area contributed by atoms with Crippen molar-refractivity contribution < 1.29 is 22.1 Å². The Balaban J connectivity index is 1.78. The molecular formula is C22H19BrN2O5S. The number of amides is 1. The minimum absolute atomic E-state index is 0.00495. The molecule has 1 N–H and O–H groups in total. The highest BCUT2D eigenvalue weighted by Crippen LogP contribution is 2.30. The monoisotopic (exact) mass is 502 g/mol. The summed E-state index contributed by atoms with van der Waals surface area (Å²) in [4.78, 5) is 12.2. The number of hydrazone groups is 1. The van der Waals surface area contributed by atoms with Gasteiger partial charge in [-0.25, -0.2) is 5.43 Å². The van der Waals surface area contributed by atoms with Crippen molar-refractivity contribution in [2.75, 3.05) is 7.11 Å². The average molecular weight is 503 g/mol. The number of carbonyl (C=O) groups excluding carboxylic acids is 1. The van der Waals surface area contributed by atoms with Gasteiger partial charge in [0.1, 0.15) is 4.90 Å². The highest BCUT2D eigenvalue weighted by Gasteiger charge is 2.19. The van der Waals surface area contributed by atoms with E-state index < -0.39 is 10.1 Å². The predicted molar refractivity (Wildman–Crippen MR) is 121 cm³/mol. The summed E-state index contributed by atoms with van der Waals surface area (Å²) in [6.45, 7) is 1.86. The summed E-state index contributed by atoms with van der Waals surface area (Å²) in [5.41, 5.74) is 4.30. The topological polar surface area (TPSA) is 94.1 Å². The van der Waals surface area contributed by atoms with Crippen LogP contribution in [-0.2, 0) is 10.1 Å². The number of ether oxygens (including phenoxy) is 1. The molecular weight excluding hydrogens is 484 g/mol. The summed E-state index contributed by atoms with van der Waals surface area (Å²) in [5.74, 6) is -0.138. The fourth-order valence-electron chi connectivity index (χ4n) is 2.57. The zero-order valence-corrected chi connectivity index (χ0v) is 19.1. The lowest BCUT2D eigenvalue weighted by molar-refractivity contribution is 0.0955. The van der Waals surface area contributed by atoms with E-state index in [1.54, 1.807) is 42.5 Å². The molecule has 0 spiro atoms. The summed E-state index contributed by atoms with van der Waals surface area (Å²) in [6, 6.07) is 17.9. The molecule has 0 atom stereocenters. The van der Waals surface area contributed by atoms with Crippen LogP contribution in [0.15, 0.2) is 81.2 Å². The summed E-state index contributed by atoms with van der Waals surface area (Å²) in [6.07, 6.45) is 1.38. The fraction of sp³-hybridized carbons (Fsp3) is 0.0909. The second-order valence-electron chi connectivity index (χ2n) is 6.47. The molecule has 3 aromatic carbocycles. The zero-order chi connectivity index (χ0) is 22.4. The second kappa shape index (κ2) is 9.76. The maximum atomic E-state index is 12.6. The van der Waals surface area contributed by atoms with E-state index in [0.29, 0.717) is 11.1 Å². The molecule has 0 aliphatic rings. The molecule has 0 unspecified atom stereocenters. The fourth-order valence-corrected chi connectivity index (χ4v) is 3.90. The van der Waals surface area contributed by atoms with Gasteiger partial charge < -0.3 is 8.92 Å². The van der Waals surface area contributed by atoms with Crippen LogP contribution in [0.25, 0.3) is 0 Å². The second-order valence-corrected chi connectivity index (χ2v) is 8.93. The number of aryl methyl sites for hydroxylation is 1. The van der Waals surface area contributed by atoms with E-state index in [1.807, 2.05) is 13.0 Å². The first-order valence-corrected chi connectivity index (χ1v) is 11.3. The van der Waals surface area contributed by atoms with Crippen molar-refractivity contribution in [1.29, 1.82) is 0 Å². The minimum Gasteiger partial charge on any atom is -0.493 e. The quantitative estimate of drug-likeness (QED) is 0.295. The molecule has 0 radical (unpaired) electrons. The van der Waals surface area contributed by atoms with Crippen molar-refractivity contribution in [2.45, 2.75) is 11.8 Å². The van der Waals surface area contributed by atoms with Crippen molar-refractivity contribution in [3.8, 4) is 11.5 Å². The predicted octanol–water partition coefficient (Wildman–Crippen LogP) is 4.30. The van der Waals surface area contributed by atoms with Crippen molar-refractivity contribution in [2.24, 2.45) is 5.10 Å². The van der Waals surface area contributed by atoms with Crippen LogP contribution in [0.4, 0.5) is 0 Å². The first-order valence-electron chi connectivity index (χ1n) is 9.06. The molecule has 3 aromatic rings. The maximum Gasteiger partial charge on any atom is 0.339 e. The van der Waals surface area contributed by atoms with Gasteiger partial charge in [0.25, 0.3) is 5.91 Å². The van der Waals surface area contributed by atoms with Gasteiger partial charge in [-0.2, -0.15) is 13.5 Å². The summed E-state index contributed by atoms with van der Waals surface area (Å²) in [5, 5.41) is 3.92. The van der Waals surface area contributed by atoms with Crippen molar-refractivity contribution in [3.05, 3.63) is 87.9 Å². The highest BCUT2D eigenvalue weighted by molar-refractivity contribution is 9.10. The number of benzene rings is 3. The van der Waals surface area contributed by atoms with E-state index in [1.165, 1.54) is 31.5 Å². The number of hydrogen-bond acceptors (Lipinski definition) is 6. The van der Waals surface area contributed by atoms with Crippen LogP contribution in [0.3, 0.4) is 0 Å². The normalized spacial score (nSPS) is 11.3. The van der Waals surface area contributed by atoms with Gasteiger partial charge in [0.15, 0.2) is 11.5 Å². The van der Waals surface area contributed by atoms with Crippen LogP contribution in [-0.4, -0.2) is 27.6 Å². The van der Waals surface area contributed by atoms with Crippen molar-refractivity contribution in [3.63, 3.8) is 0 Å². The molecule has 9 heteroatoms. The molecule has 0 aliphatic carbocycles. The third-order valence-corrected chi connectivity index (χ3v) is 5.91. The standard InChI is InChI=1S/C22H19BrN2O5S/c1-15-6-9-19(10-7-15)31(27,28)30-21-12-16(8-11-20(21)29-2)14-24-25-22(26)17-4-3-5-18(23)13-17/h3-14H,1-2H3,(H,25,26)/b24-14-. The molecule has 3 rings (SSSR count). The Bertz CT molecular complexity index is 1220. The van der Waals surface area contributed by atoms with Gasteiger partial charge >= 0.3 is 10.1 Å². The molecule has 7 nitrogen and oxygen atoms in total. The van der Waals surface area contributed by atoms with Gasteiger partial charge in [-0.1, -0.05) is 39.7 Å². The molecule has 0 saturated carbocycles. The Hall–Kier alpha value is -3.17. The van der Waals surface area contributed by atoms with E-state index in [2.05, 4.69) is 26.5 Å². The highest BCUT2D eigenvalue weighted by atomic mass is 79.9. The largest absolute Gasteiger partial charge is 0.493 e. The maximum absolute atomic E-state index is 12.6. The third-order valence-electron chi connectivity index (χ3n) is 4.16. The molecule has 0 aromatic heterocycles. The number of carbonyl (C=O) groups is 1. The Morgan fingerprint density at radius 2 is 1.77 bits per heavy atom. The van der Waals surface area contributed by atoms with Gasteiger partial charge in [0.2, 0.25) is 0 Å². The number of rotatable bonds is 7.